The van der Waals surface area contributed by atoms with Gasteiger partial charge in [0.1, 0.15) is 18.0 Å². The Balaban J connectivity index is 0.867. The number of aromatic nitrogens is 3. The van der Waals surface area contributed by atoms with Gasteiger partial charge in [0.2, 0.25) is 0 Å². The minimum Gasteiger partial charge on any atom is -0.493 e. The Labute approximate surface area is 279 Å². The standard InChI is InChI=1S/C37H50N8O2/c1-46-34-25-33-32(37(42-28-41-33)40-26-30-9-8-10-31(38)23-30)24-35(34)47-22-7-3-2-6-15-43-16-12-29(13-17-43)27-44-18-20-45(21-19-44)36-11-4-5-14-39-36/h4-5,8-11,14,23-25,28-29H,2-3,6-7,12-13,15-22,26-27,38H2,1H3,(H,40,41,42). The lowest BCUT2D eigenvalue weighted by molar-refractivity contribution is 0.138. The molecule has 250 valence electrons. The lowest BCUT2D eigenvalue weighted by atomic mass is 9.95. The number of benzene rings is 2. The summed E-state index contributed by atoms with van der Waals surface area (Å²) in [7, 11) is 1.67. The summed E-state index contributed by atoms with van der Waals surface area (Å²) in [6.07, 6.45) is 10.8. The second-order valence-corrected chi connectivity index (χ2v) is 12.9. The summed E-state index contributed by atoms with van der Waals surface area (Å²) in [5.41, 5.74) is 8.59. The molecule has 0 spiro atoms. The van der Waals surface area contributed by atoms with Gasteiger partial charge in [0.15, 0.2) is 11.5 Å². The molecule has 0 saturated carbocycles. The van der Waals surface area contributed by atoms with E-state index < -0.39 is 0 Å². The first kappa shape index (κ1) is 32.8. The second kappa shape index (κ2) is 16.6. The van der Waals surface area contributed by atoms with Gasteiger partial charge in [-0.2, -0.15) is 0 Å². The molecule has 2 aliphatic heterocycles. The van der Waals surface area contributed by atoms with Crippen LogP contribution in [0, 0.1) is 5.92 Å². The van der Waals surface area contributed by atoms with Crippen LogP contribution in [-0.4, -0.2) is 90.8 Å². The molecule has 10 nitrogen and oxygen atoms in total. The van der Waals surface area contributed by atoms with Gasteiger partial charge in [-0.05, 0) is 87.1 Å². The van der Waals surface area contributed by atoms with Gasteiger partial charge in [0, 0.05) is 62.6 Å². The van der Waals surface area contributed by atoms with Crippen molar-refractivity contribution >= 4 is 28.2 Å². The van der Waals surface area contributed by atoms with Gasteiger partial charge in [-0.25, -0.2) is 15.0 Å². The van der Waals surface area contributed by atoms with Crippen molar-refractivity contribution in [3.63, 3.8) is 0 Å². The molecule has 0 unspecified atom stereocenters. The molecule has 2 aromatic carbocycles. The number of rotatable bonds is 15. The van der Waals surface area contributed by atoms with Crippen LogP contribution in [0.4, 0.5) is 17.3 Å². The predicted molar refractivity (Wildman–Crippen MR) is 190 cm³/mol. The van der Waals surface area contributed by atoms with Crippen LogP contribution in [-0.2, 0) is 6.54 Å². The number of piperidine rings is 1. The molecule has 0 radical (unpaired) electrons. The van der Waals surface area contributed by atoms with E-state index in [0.717, 1.165) is 84.5 Å². The van der Waals surface area contributed by atoms with Crippen molar-refractivity contribution in [3.05, 3.63) is 72.7 Å². The van der Waals surface area contributed by atoms with E-state index in [2.05, 4.69) is 47.1 Å². The van der Waals surface area contributed by atoms with Crippen LogP contribution in [0.25, 0.3) is 10.9 Å². The zero-order valence-corrected chi connectivity index (χ0v) is 27.8. The maximum Gasteiger partial charge on any atom is 0.162 e. The molecule has 2 fully saturated rings. The van der Waals surface area contributed by atoms with Crippen LogP contribution < -0.4 is 25.4 Å². The highest BCUT2D eigenvalue weighted by atomic mass is 16.5. The van der Waals surface area contributed by atoms with Crippen molar-refractivity contribution < 1.29 is 9.47 Å². The van der Waals surface area contributed by atoms with Crippen molar-refractivity contribution in [3.8, 4) is 11.5 Å². The van der Waals surface area contributed by atoms with Gasteiger partial charge in [-0.15, -0.1) is 0 Å². The number of methoxy groups -OCH3 is 1. The number of hydrogen-bond donors (Lipinski definition) is 2. The molecule has 2 aliphatic rings. The Morgan fingerprint density at radius 1 is 0.830 bits per heavy atom. The van der Waals surface area contributed by atoms with Gasteiger partial charge in [0.05, 0.1) is 19.2 Å². The Bertz CT molecular complexity index is 1540. The average molecular weight is 639 g/mol. The highest BCUT2D eigenvalue weighted by Crippen LogP contribution is 2.34. The molecule has 0 bridgehead atoms. The molecule has 0 atom stereocenters. The summed E-state index contributed by atoms with van der Waals surface area (Å²) in [5, 5.41) is 4.33. The smallest absolute Gasteiger partial charge is 0.162 e. The van der Waals surface area contributed by atoms with Gasteiger partial charge in [-0.1, -0.05) is 31.0 Å². The summed E-state index contributed by atoms with van der Waals surface area (Å²) < 4.78 is 11.9. The first-order valence-corrected chi connectivity index (χ1v) is 17.3. The van der Waals surface area contributed by atoms with Gasteiger partial charge in [0.25, 0.3) is 0 Å². The number of nitrogens with one attached hydrogen (secondary N) is 1. The highest BCUT2D eigenvalue weighted by Gasteiger charge is 2.24. The number of nitrogen functional groups attached to an aromatic ring is 1. The Hall–Kier alpha value is -4.15. The van der Waals surface area contributed by atoms with E-state index >= 15 is 0 Å². The van der Waals surface area contributed by atoms with Crippen LogP contribution in [0.1, 0.15) is 44.1 Å². The van der Waals surface area contributed by atoms with Crippen molar-refractivity contribution in [1.29, 1.82) is 0 Å². The van der Waals surface area contributed by atoms with Crippen molar-refractivity contribution in [2.24, 2.45) is 5.92 Å². The lowest BCUT2D eigenvalue weighted by Gasteiger charge is -2.39. The first-order chi connectivity index (χ1) is 23.1. The van der Waals surface area contributed by atoms with E-state index in [1.165, 1.54) is 51.9 Å². The average Bonchev–Trinajstić information content (AvgIpc) is 3.11. The third kappa shape index (κ3) is 9.23. The predicted octanol–water partition coefficient (Wildman–Crippen LogP) is 5.70. The Morgan fingerprint density at radius 3 is 2.47 bits per heavy atom. The molecule has 2 aromatic heterocycles. The zero-order chi connectivity index (χ0) is 32.3. The van der Waals surface area contributed by atoms with E-state index in [-0.39, 0.29) is 0 Å². The topological polar surface area (TPSA) is 105 Å². The van der Waals surface area contributed by atoms with E-state index in [9.17, 15) is 0 Å². The third-order valence-corrected chi connectivity index (χ3v) is 9.53. The maximum absolute atomic E-state index is 6.22. The van der Waals surface area contributed by atoms with Crippen LogP contribution in [0.15, 0.2) is 67.1 Å². The van der Waals surface area contributed by atoms with Crippen molar-refractivity contribution in [2.45, 2.75) is 45.1 Å². The molecule has 2 saturated heterocycles. The third-order valence-electron chi connectivity index (χ3n) is 9.53. The van der Waals surface area contributed by atoms with Crippen LogP contribution in [0.3, 0.4) is 0 Å². The summed E-state index contributed by atoms with van der Waals surface area (Å²) in [6, 6.07) is 18.0. The number of ether oxygens (including phenoxy) is 2. The summed E-state index contributed by atoms with van der Waals surface area (Å²) in [4.78, 5) is 21.2. The van der Waals surface area contributed by atoms with Crippen LogP contribution >= 0.6 is 0 Å². The highest BCUT2D eigenvalue weighted by molar-refractivity contribution is 5.91. The molecule has 47 heavy (non-hydrogen) atoms. The minimum atomic E-state index is 0.614. The van der Waals surface area contributed by atoms with Gasteiger partial charge < -0.3 is 30.3 Å². The normalized spacial score (nSPS) is 16.4. The first-order valence-electron chi connectivity index (χ1n) is 17.3. The van der Waals surface area contributed by atoms with E-state index in [1.54, 1.807) is 13.4 Å². The van der Waals surface area contributed by atoms with Gasteiger partial charge >= 0.3 is 0 Å². The number of hydrogen-bond acceptors (Lipinski definition) is 10. The monoisotopic (exact) mass is 638 g/mol. The van der Waals surface area contributed by atoms with Crippen molar-refractivity contribution in [2.75, 3.05) is 82.0 Å². The Kier molecular flexibility index (Phi) is 11.6. The van der Waals surface area contributed by atoms with Crippen LogP contribution in [0.5, 0.6) is 11.5 Å². The lowest BCUT2D eigenvalue weighted by Crippen LogP contribution is -2.49. The number of piperazine rings is 1. The second-order valence-electron chi connectivity index (χ2n) is 12.9. The number of fused-ring (bicyclic) bond motifs is 1. The molecular weight excluding hydrogens is 588 g/mol. The fourth-order valence-corrected chi connectivity index (χ4v) is 6.80. The quantitative estimate of drug-likeness (QED) is 0.124. The summed E-state index contributed by atoms with van der Waals surface area (Å²) in [5.74, 6) is 4.11. The molecule has 3 N–H and O–H groups in total. The number of likely N-dealkylation sites (tertiary alicyclic amines) is 1. The van der Waals surface area contributed by atoms with Gasteiger partial charge in [-0.3, -0.25) is 4.90 Å². The molecule has 4 heterocycles. The molecule has 10 heteroatoms. The SMILES string of the molecule is COc1cc2ncnc(NCc3cccc(N)c3)c2cc1OCCCCCCN1CCC(CN2CCN(c3ccccn3)CC2)CC1. The number of anilines is 3. The minimum absolute atomic E-state index is 0.614. The Morgan fingerprint density at radius 2 is 1.68 bits per heavy atom. The molecular formula is C37H50N8O2. The van der Waals surface area contributed by atoms with Crippen LogP contribution in [0.2, 0.25) is 0 Å². The maximum atomic E-state index is 6.22. The fraction of sp³-hybridized carbons (Fsp3) is 0.486. The summed E-state index contributed by atoms with van der Waals surface area (Å²) in [6.45, 7) is 10.7. The number of unbranched alkanes of at least 4 members (excludes halogenated alkanes) is 3. The van der Waals surface area contributed by atoms with Crippen molar-refractivity contribution in [1.82, 2.24) is 24.8 Å². The van der Waals surface area contributed by atoms with E-state index in [4.69, 9.17) is 15.2 Å². The number of nitrogens with zero attached hydrogens (tertiary/aromatic N) is 6. The van der Waals surface area contributed by atoms with E-state index in [0.29, 0.717) is 18.9 Å². The molecule has 6 rings (SSSR count). The van der Waals surface area contributed by atoms with E-state index in [1.807, 2.05) is 48.7 Å². The molecule has 0 amide bonds. The molecule has 0 aliphatic carbocycles. The zero-order valence-electron chi connectivity index (χ0n) is 27.8. The number of nitrogens with two attached hydrogens (primary N) is 1. The molecule has 4 aromatic rings. The fourth-order valence-electron chi connectivity index (χ4n) is 6.80. The summed E-state index contributed by atoms with van der Waals surface area (Å²) >= 11 is 0. The largest absolute Gasteiger partial charge is 0.493 e. The number of pyridine rings is 1.